The maximum absolute atomic E-state index is 13.5. The first-order valence-corrected chi connectivity index (χ1v) is 8.37. The minimum atomic E-state index is -4.95. The molecule has 1 N–H and O–H groups in total. The number of nitro benzene ring substituents is 1. The van der Waals surface area contributed by atoms with E-state index in [-0.39, 0.29) is 6.07 Å². The van der Waals surface area contributed by atoms with Crippen LogP contribution in [0, 0.1) is 10.1 Å². The number of benzene rings is 2. The second-order valence-electron chi connectivity index (χ2n) is 6.24. The molecule has 1 aromatic heterocycles. The van der Waals surface area contributed by atoms with E-state index in [4.69, 9.17) is 4.74 Å². The summed E-state index contributed by atoms with van der Waals surface area (Å²) in [7, 11) is 1.55. The molecule has 0 aliphatic heterocycles. The van der Waals surface area contributed by atoms with Gasteiger partial charge in [0.2, 0.25) is 0 Å². The Hall–Kier alpha value is -3.73. The summed E-state index contributed by atoms with van der Waals surface area (Å²) in [6.45, 7) is 0.393. The smallest absolute Gasteiger partial charge is 0.418 e. The minimum Gasteiger partial charge on any atom is -0.477 e. The third kappa shape index (κ3) is 4.15. The molecule has 0 amide bonds. The average Bonchev–Trinajstić information content (AvgIpc) is 3.17. The maximum atomic E-state index is 13.5. The molecule has 0 bridgehead atoms. The van der Waals surface area contributed by atoms with Crippen molar-refractivity contribution in [2.24, 2.45) is 0 Å². The number of hydrogen-bond donors (Lipinski definition) is 1. The Balaban J connectivity index is 2.12. The Morgan fingerprint density at radius 2 is 1.93 bits per heavy atom. The van der Waals surface area contributed by atoms with Crippen molar-refractivity contribution < 1.29 is 32.7 Å². The van der Waals surface area contributed by atoms with Gasteiger partial charge < -0.3 is 14.4 Å². The van der Waals surface area contributed by atoms with Crippen LogP contribution in [0.5, 0.6) is 0 Å². The third-order valence-electron chi connectivity index (χ3n) is 4.27. The van der Waals surface area contributed by atoms with Crippen molar-refractivity contribution in [1.82, 2.24) is 9.55 Å². The second kappa shape index (κ2) is 7.95. The number of nitro groups is 1. The SMILES string of the molecule is COCc1ccc(-c2cn(-c3cc(C(=O)O)c([N+](=O)[O-])cc3C(F)(F)F)cn2)cc1. The van der Waals surface area contributed by atoms with Gasteiger partial charge in [0.25, 0.3) is 5.69 Å². The molecule has 0 aliphatic rings. The van der Waals surface area contributed by atoms with Crippen LogP contribution in [0.1, 0.15) is 21.5 Å². The topological polar surface area (TPSA) is 107 Å². The fourth-order valence-corrected chi connectivity index (χ4v) is 2.88. The van der Waals surface area contributed by atoms with E-state index in [1.165, 1.54) is 6.20 Å². The normalized spacial score (nSPS) is 11.5. The highest BCUT2D eigenvalue weighted by molar-refractivity contribution is 5.93. The molecule has 0 unspecified atom stereocenters. The molecule has 0 atom stereocenters. The van der Waals surface area contributed by atoms with Crippen molar-refractivity contribution in [2.45, 2.75) is 12.8 Å². The van der Waals surface area contributed by atoms with E-state index in [1.54, 1.807) is 31.4 Å². The lowest BCUT2D eigenvalue weighted by atomic mass is 10.1. The molecule has 8 nitrogen and oxygen atoms in total. The summed E-state index contributed by atoms with van der Waals surface area (Å²) in [6, 6.07) is 7.81. The van der Waals surface area contributed by atoms with Gasteiger partial charge in [-0.3, -0.25) is 10.1 Å². The lowest BCUT2D eigenvalue weighted by Gasteiger charge is -2.14. The number of nitrogens with zero attached hydrogens (tertiary/aromatic N) is 3. The molecule has 11 heteroatoms. The molecule has 1 heterocycles. The summed E-state index contributed by atoms with van der Waals surface area (Å²) >= 11 is 0. The Labute approximate surface area is 167 Å². The highest BCUT2D eigenvalue weighted by Gasteiger charge is 2.38. The average molecular weight is 421 g/mol. The van der Waals surface area contributed by atoms with Crippen LogP contribution in [0.15, 0.2) is 48.9 Å². The number of alkyl halides is 3. The molecular formula is C19H14F3N3O5. The van der Waals surface area contributed by atoms with Gasteiger partial charge in [-0.15, -0.1) is 0 Å². The summed E-state index contributed by atoms with van der Waals surface area (Å²) in [5.74, 6) is -1.72. The molecule has 0 fully saturated rings. The Morgan fingerprint density at radius 3 is 2.47 bits per heavy atom. The number of rotatable bonds is 6. The molecule has 3 aromatic rings. The van der Waals surface area contributed by atoms with Crippen LogP contribution in [0.25, 0.3) is 16.9 Å². The predicted molar refractivity (Wildman–Crippen MR) is 98.3 cm³/mol. The van der Waals surface area contributed by atoms with Gasteiger partial charge in [-0.1, -0.05) is 24.3 Å². The Morgan fingerprint density at radius 1 is 1.27 bits per heavy atom. The molecule has 2 aromatic carbocycles. The number of aromatic nitrogens is 2. The molecule has 0 radical (unpaired) electrons. The summed E-state index contributed by atoms with van der Waals surface area (Å²) in [5, 5.41) is 20.3. The molecule has 30 heavy (non-hydrogen) atoms. The molecule has 156 valence electrons. The summed E-state index contributed by atoms with van der Waals surface area (Å²) in [6.07, 6.45) is -2.59. The molecule has 0 spiro atoms. The standard InChI is InChI=1S/C19H14F3N3O5/c1-30-9-11-2-4-12(5-3-11)15-8-24(10-23-15)17-6-13(18(26)27)16(25(28)29)7-14(17)19(20,21)22/h2-8,10H,9H2,1H3,(H,26,27). The highest BCUT2D eigenvalue weighted by Crippen LogP contribution is 2.38. The number of methoxy groups -OCH3 is 1. The van der Waals surface area contributed by atoms with E-state index >= 15 is 0 Å². The van der Waals surface area contributed by atoms with Crippen molar-refractivity contribution in [3.63, 3.8) is 0 Å². The first-order chi connectivity index (χ1) is 14.1. The number of aromatic carboxylic acids is 1. The lowest BCUT2D eigenvalue weighted by Crippen LogP contribution is -2.14. The monoisotopic (exact) mass is 421 g/mol. The minimum absolute atomic E-state index is 0.220. The van der Waals surface area contributed by atoms with Crippen LogP contribution in [-0.2, 0) is 17.5 Å². The van der Waals surface area contributed by atoms with Crippen molar-refractivity contribution in [3.05, 3.63) is 75.7 Å². The molecule has 0 saturated heterocycles. The van der Waals surface area contributed by atoms with E-state index in [1.807, 2.05) is 0 Å². The predicted octanol–water partition coefficient (Wildman–Crippen LogP) is 4.31. The van der Waals surface area contributed by atoms with Crippen molar-refractivity contribution in [3.8, 4) is 16.9 Å². The van der Waals surface area contributed by atoms with Crippen molar-refractivity contribution in [2.75, 3.05) is 7.11 Å². The first kappa shape index (κ1) is 21.0. The number of carboxylic acids is 1. The van der Waals surface area contributed by atoms with Gasteiger partial charge in [-0.05, 0) is 11.6 Å². The molecule has 0 aliphatic carbocycles. The number of carboxylic acid groups (broad SMARTS) is 1. The van der Waals surface area contributed by atoms with Gasteiger partial charge >= 0.3 is 12.1 Å². The van der Waals surface area contributed by atoms with E-state index in [0.717, 1.165) is 16.5 Å². The van der Waals surface area contributed by atoms with Gasteiger partial charge in [0.05, 0.1) is 34.8 Å². The van der Waals surface area contributed by atoms with Crippen LogP contribution in [0.2, 0.25) is 0 Å². The second-order valence-corrected chi connectivity index (χ2v) is 6.24. The maximum Gasteiger partial charge on any atom is 0.418 e. The van der Waals surface area contributed by atoms with Crippen LogP contribution in [0.3, 0.4) is 0 Å². The summed E-state index contributed by atoms with van der Waals surface area (Å²) in [4.78, 5) is 25.3. The fourth-order valence-electron chi connectivity index (χ4n) is 2.88. The van der Waals surface area contributed by atoms with Crippen molar-refractivity contribution in [1.29, 1.82) is 0 Å². The van der Waals surface area contributed by atoms with E-state index in [0.29, 0.717) is 23.9 Å². The number of hydrogen-bond acceptors (Lipinski definition) is 5. The van der Waals surface area contributed by atoms with Gasteiger partial charge in [0.15, 0.2) is 0 Å². The summed E-state index contributed by atoms with van der Waals surface area (Å²) in [5.41, 5.74) is -2.10. The van der Waals surface area contributed by atoms with E-state index < -0.39 is 39.6 Å². The number of carbonyl (C=O) groups is 1. The zero-order valence-electron chi connectivity index (χ0n) is 15.4. The molecule has 0 saturated carbocycles. The first-order valence-electron chi connectivity index (χ1n) is 8.37. The highest BCUT2D eigenvalue weighted by atomic mass is 19.4. The zero-order valence-corrected chi connectivity index (χ0v) is 15.4. The van der Waals surface area contributed by atoms with Crippen LogP contribution in [-0.4, -0.2) is 32.7 Å². The quantitative estimate of drug-likeness (QED) is 0.469. The van der Waals surface area contributed by atoms with Crippen LogP contribution in [0.4, 0.5) is 18.9 Å². The Bertz CT molecular complexity index is 1110. The molecule has 3 rings (SSSR count). The van der Waals surface area contributed by atoms with Gasteiger partial charge in [0, 0.05) is 24.9 Å². The molecular weight excluding hydrogens is 407 g/mol. The van der Waals surface area contributed by atoms with Gasteiger partial charge in [0.1, 0.15) is 5.56 Å². The van der Waals surface area contributed by atoms with Crippen molar-refractivity contribution >= 4 is 11.7 Å². The fraction of sp³-hybridized carbons (Fsp3) is 0.158. The zero-order chi connectivity index (χ0) is 22.1. The lowest BCUT2D eigenvalue weighted by molar-refractivity contribution is -0.385. The van der Waals surface area contributed by atoms with E-state index in [9.17, 15) is 33.2 Å². The third-order valence-corrected chi connectivity index (χ3v) is 4.27. The number of imidazole rings is 1. The van der Waals surface area contributed by atoms with Gasteiger partial charge in [-0.25, -0.2) is 9.78 Å². The summed E-state index contributed by atoms with van der Waals surface area (Å²) < 4.78 is 46.6. The van der Waals surface area contributed by atoms with E-state index in [2.05, 4.69) is 4.98 Å². The largest absolute Gasteiger partial charge is 0.477 e. The van der Waals surface area contributed by atoms with Crippen LogP contribution >= 0.6 is 0 Å². The number of halogens is 3. The van der Waals surface area contributed by atoms with Gasteiger partial charge in [-0.2, -0.15) is 13.2 Å². The Kier molecular flexibility index (Phi) is 5.56. The number of ether oxygens (including phenoxy) is 1. The van der Waals surface area contributed by atoms with Crippen LogP contribution < -0.4 is 0 Å².